The van der Waals surface area contributed by atoms with Crippen LogP contribution in [0.15, 0.2) is 66.7 Å². The van der Waals surface area contributed by atoms with Crippen molar-refractivity contribution in [3.05, 3.63) is 66.7 Å². The molecule has 8 heteroatoms. The minimum Gasteiger partial charge on any atom is -0.373 e. The topological polar surface area (TPSA) is 60.0 Å². The average molecular weight is 641 g/mol. The molecule has 1 unspecified atom stereocenters. The molecule has 0 aliphatic carbocycles. The highest BCUT2D eigenvalue weighted by Gasteiger charge is 2.47. The van der Waals surface area contributed by atoms with Crippen LogP contribution in [0.1, 0.15) is 60.3 Å². The zero-order valence-corrected chi connectivity index (χ0v) is 26.5. The molecule has 0 aromatic heterocycles. The summed E-state index contributed by atoms with van der Waals surface area (Å²) in [7, 11) is -2.85. The largest absolute Gasteiger partial charge is 0.504 e. The zero-order valence-electron chi connectivity index (χ0n) is 23.1. The normalized spacial score (nSPS) is 11.9. The van der Waals surface area contributed by atoms with E-state index in [1.165, 1.54) is 0 Å². The Morgan fingerprint density at radius 2 is 1.38 bits per heavy atom. The van der Waals surface area contributed by atoms with Gasteiger partial charge < -0.3 is 23.5 Å². The third-order valence-electron chi connectivity index (χ3n) is 5.80. The maximum Gasteiger partial charge on any atom is 0.504 e. The molecule has 2 rings (SSSR count). The van der Waals surface area contributed by atoms with Gasteiger partial charge in [0, 0.05) is 54.5 Å². The fourth-order valence-electron chi connectivity index (χ4n) is 3.76. The highest BCUT2D eigenvalue weighted by molar-refractivity contribution is 14.0. The van der Waals surface area contributed by atoms with Crippen LogP contribution in [0, 0.1) is 0 Å². The fraction of sp³-hybridized carbons (Fsp3) is 0.483. The van der Waals surface area contributed by atoms with Crippen molar-refractivity contribution in [2.24, 2.45) is 0 Å². The summed E-state index contributed by atoms with van der Waals surface area (Å²) in [4.78, 5) is 14.3. The molecule has 6 nitrogen and oxygen atoms in total. The number of carbonyl (C=O) groups excluding carboxylic acids is 1. The predicted octanol–water partition coefficient (Wildman–Crippen LogP) is 7.96. The van der Waals surface area contributed by atoms with E-state index in [1.54, 1.807) is 6.92 Å². The summed E-state index contributed by atoms with van der Waals surface area (Å²) < 4.78 is 19.2. The minimum atomic E-state index is -2.85. The molecule has 1 N–H and O–H groups in total. The first-order valence-corrected chi connectivity index (χ1v) is 15.0. The first kappa shape index (κ1) is 33.3. The average Bonchev–Trinajstić information content (AvgIpc) is 2.90. The third-order valence-corrected chi connectivity index (χ3v) is 9.12. The van der Waals surface area contributed by atoms with E-state index in [-0.39, 0.29) is 35.4 Å². The molecule has 0 heterocycles. The molecule has 0 spiro atoms. The van der Waals surface area contributed by atoms with Crippen LogP contribution >= 0.6 is 24.0 Å². The van der Waals surface area contributed by atoms with Crippen molar-refractivity contribution in [2.45, 2.75) is 65.8 Å². The molecule has 0 saturated carbocycles. The molecule has 0 bridgehead atoms. The summed E-state index contributed by atoms with van der Waals surface area (Å²) in [6.07, 6.45) is 3.64. The van der Waals surface area contributed by atoms with Gasteiger partial charge in [0.15, 0.2) is 0 Å². The first-order chi connectivity index (χ1) is 17.4. The van der Waals surface area contributed by atoms with Crippen LogP contribution in [-0.2, 0) is 18.1 Å². The number of nitrogens with zero attached hydrogens (tertiary/aromatic N) is 1. The lowest BCUT2D eigenvalue weighted by molar-refractivity contribution is -0.112. The van der Waals surface area contributed by atoms with Gasteiger partial charge >= 0.3 is 8.80 Å². The number of amides is 1. The predicted molar refractivity (Wildman–Crippen MR) is 167 cm³/mol. The first-order valence-electron chi connectivity index (χ1n) is 13.2. The molecule has 206 valence electrons. The molecule has 0 fully saturated rings. The second-order valence-corrected chi connectivity index (χ2v) is 12.2. The van der Waals surface area contributed by atoms with Crippen molar-refractivity contribution in [2.75, 3.05) is 36.6 Å². The monoisotopic (exact) mass is 640 g/mol. The maximum absolute atomic E-state index is 12.0. The molecule has 0 radical (unpaired) electrons. The Kier molecular flexibility index (Phi) is 16.0. The Morgan fingerprint density at radius 3 is 1.84 bits per heavy atom. The summed E-state index contributed by atoms with van der Waals surface area (Å²) in [6.45, 7) is 16.7. The molecule has 2 aromatic rings. The van der Waals surface area contributed by atoms with Gasteiger partial charge in [-0.2, -0.15) is 0 Å². The smallest absolute Gasteiger partial charge is 0.373 e. The number of anilines is 3. The van der Waals surface area contributed by atoms with E-state index < -0.39 is 8.80 Å². The van der Waals surface area contributed by atoms with Crippen molar-refractivity contribution >= 4 is 55.8 Å². The minimum absolute atomic E-state index is 0. The third kappa shape index (κ3) is 10.5. The lowest BCUT2D eigenvalue weighted by Crippen LogP contribution is -2.50. The number of hydrogen-bond acceptors (Lipinski definition) is 5. The van der Waals surface area contributed by atoms with E-state index in [2.05, 4.69) is 56.6 Å². The van der Waals surface area contributed by atoms with E-state index in [1.807, 2.05) is 42.5 Å². The number of nitrogens with one attached hydrogen (secondary N) is 1. The second kappa shape index (κ2) is 17.7. The molecular formula is C29H45IN2O4Si. The molecule has 1 atom stereocenters. The highest BCUT2D eigenvalue weighted by atomic mass is 127. The summed E-state index contributed by atoms with van der Waals surface area (Å²) in [5.74, 6) is -0.177. The van der Waals surface area contributed by atoms with Gasteiger partial charge in [0.05, 0.1) is 0 Å². The number of benzene rings is 2. The van der Waals surface area contributed by atoms with Crippen LogP contribution in [-0.4, -0.2) is 41.1 Å². The SMILES string of the molecule is C=C(C)C(=O)Nc1ccc(N(CCC(C)[Si](OCCC)(OCCC)OCCC)c2ccccc2)cc1.I. The Balaban J connectivity index is 0.00000684. The summed E-state index contributed by atoms with van der Waals surface area (Å²) in [5, 5.41) is 2.88. The van der Waals surface area contributed by atoms with Crippen molar-refractivity contribution in [3.8, 4) is 0 Å². The lowest BCUT2D eigenvalue weighted by Gasteiger charge is -2.35. The zero-order chi connectivity index (χ0) is 26.4. The number of rotatable bonds is 17. The fourth-order valence-corrected chi connectivity index (χ4v) is 6.81. The summed E-state index contributed by atoms with van der Waals surface area (Å²) in [5.41, 5.74) is 3.52. The van der Waals surface area contributed by atoms with Crippen LogP contribution in [0.2, 0.25) is 5.54 Å². The van der Waals surface area contributed by atoms with Crippen LogP contribution in [0.4, 0.5) is 17.1 Å². The van der Waals surface area contributed by atoms with Gasteiger partial charge in [-0.1, -0.05) is 52.5 Å². The van der Waals surface area contributed by atoms with Gasteiger partial charge in [-0.3, -0.25) is 4.79 Å². The van der Waals surface area contributed by atoms with E-state index in [0.717, 1.165) is 49.3 Å². The number of hydrogen-bond donors (Lipinski definition) is 1. The molecule has 0 aliphatic heterocycles. The van der Waals surface area contributed by atoms with E-state index in [4.69, 9.17) is 13.3 Å². The van der Waals surface area contributed by atoms with Gasteiger partial charge in [-0.05, 0) is 69.0 Å². The number of carbonyl (C=O) groups is 1. The second-order valence-electron chi connectivity index (χ2n) is 9.11. The molecule has 2 aromatic carbocycles. The Morgan fingerprint density at radius 1 is 0.892 bits per heavy atom. The summed E-state index contributed by atoms with van der Waals surface area (Å²) in [6, 6.07) is 18.3. The van der Waals surface area contributed by atoms with Crippen molar-refractivity contribution < 1.29 is 18.1 Å². The van der Waals surface area contributed by atoms with Gasteiger partial charge in [0.2, 0.25) is 0 Å². The van der Waals surface area contributed by atoms with Gasteiger partial charge in [0.1, 0.15) is 0 Å². The highest BCUT2D eigenvalue weighted by Crippen LogP contribution is 2.33. The van der Waals surface area contributed by atoms with Gasteiger partial charge in [0.25, 0.3) is 5.91 Å². The number of halogens is 1. The maximum atomic E-state index is 12.0. The van der Waals surface area contributed by atoms with Crippen LogP contribution in [0.3, 0.4) is 0 Å². The van der Waals surface area contributed by atoms with Crippen LogP contribution < -0.4 is 10.2 Å². The molecule has 1 amide bonds. The Bertz CT molecular complexity index is 905. The van der Waals surface area contributed by atoms with E-state index >= 15 is 0 Å². The summed E-state index contributed by atoms with van der Waals surface area (Å²) >= 11 is 0. The Hall–Kier alpha value is -1.72. The lowest BCUT2D eigenvalue weighted by atomic mass is 10.2. The molecule has 0 aliphatic rings. The quantitative estimate of drug-likeness (QED) is 0.108. The van der Waals surface area contributed by atoms with Gasteiger partial charge in [-0.25, -0.2) is 0 Å². The van der Waals surface area contributed by atoms with Crippen molar-refractivity contribution in [1.82, 2.24) is 0 Å². The van der Waals surface area contributed by atoms with E-state index in [0.29, 0.717) is 25.4 Å². The standard InChI is InChI=1S/C29H44N2O4Si.HI/c1-7-21-33-36(34-22-8-2,35-23-9-3)25(6)19-20-31(27-13-11-10-12-14-27)28-17-15-26(16-18-28)30-29(32)24(4)5;/h10-18,25H,4,7-9,19-23H2,1-3,5-6H3,(H,30,32);1H. The van der Waals surface area contributed by atoms with Crippen molar-refractivity contribution in [1.29, 1.82) is 0 Å². The van der Waals surface area contributed by atoms with E-state index in [9.17, 15) is 4.79 Å². The number of para-hydroxylation sites is 1. The molecule has 0 saturated heterocycles. The van der Waals surface area contributed by atoms with Crippen LogP contribution in [0.25, 0.3) is 0 Å². The molecule has 37 heavy (non-hydrogen) atoms. The van der Waals surface area contributed by atoms with Crippen molar-refractivity contribution in [3.63, 3.8) is 0 Å². The molecular weight excluding hydrogens is 595 g/mol. The van der Waals surface area contributed by atoms with Gasteiger partial charge in [-0.15, -0.1) is 24.0 Å². The Labute approximate surface area is 242 Å². The van der Waals surface area contributed by atoms with Crippen LogP contribution in [0.5, 0.6) is 0 Å².